The highest BCUT2D eigenvalue weighted by Gasteiger charge is 2.08. The van der Waals surface area contributed by atoms with Gasteiger partial charge in [-0.1, -0.05) is 23.7 Å². The van der Waals surface area contributed by atoms with Gasteiger partial charge in [-0.3, -0.25) is 4.79 Å². The summed E-state index contributed by atoms with van der Waals surface area (Å²) in [6.45, 7) is 0.326. The standard InChI is InChI=1S/C12H16ClNO3/c1-16-12(17-2)8-14-11(15)7-9-4-3-5-10(13)6-9/h3-6,12H,7-8H2,1-2H3,(H,14,15). The Hall–Kier alpha value is -1.10. The minimum absolute atomic E-state index is 0.0913. The van der Waals surface area contributed by atoms with E-state index < -0.39 is 6.29 Å². The Kier molecular flexibility index (Phi) is 5.97. The number of carbonyl (C=O) groups is 1. The van der Waals surface area contributed by atoms with Gasteiger partial charge in [-0.25, -0.2) is 0 Å². The first-order chi connectivity index (χ1) is 8.15. The largest absolute Gasteiger partial charge is 0.354 e. The fourth-order valence-electron chi connectivity index (χ4n) is 1.35. The third-order valence-corrected chi connectivity index (χ3v) is 2.48. The molecular weight excluding hydrogens is 242 g/mol. The van der Waals surface area contributed by atoms with Crippen LogP contribution in [0.15, 0.2) is 24.3 Å². The van der Waals surface area contributed by atoms with Crippen molar-refractivity contribution in [3.05, 3.63) is 34.9 Å². The van der Waals surface area contributed by atoms with Crippen LogP contribution >= 0.6 is 11.6 Å². The second kappa shape index (κ2) is 7.27. The summed E-state index contributed by atoms with van der Waals surface area (Å²) >= 11 is 5.83. The molecule has 0 aliphatic heterocycles. The average molecular weight is 258 g/mol. The first kappa shape index (κ1) is 14.0. The maximum Gasteiger partial charge on any atom is 0.224 e. The van der Waals surface area contributed by atoms with E-state index in [0.29, 0.717) is 18.0 Å². The maximum absolute atomic E-state index is 11.6. The van der Waals surface area contributed by atoms with Crippen LogP contribution in [0.5, 0.6) is 0 Å². The Morgan fingerprint density at radius 1 is 1.41 bits per heavy atom. The topological polar surface area (TPSA) is 47.6 Å². The van der Waals surface area contributed by atoms with Crippen molar-refractivity contribution in [3.63, 3.8) is 0 Å². The summed E-state index contributed by atoms with van der Waals surface area (Å²) in [7, 11) is 3.05. The molecule has 0 atom stereocenters. The van der Waals surface area contributed by atoms with E-state index >= 15 is 0 Å². The van der Waals surface area contributed by atoms with Crippen molar-refractivity contribution < 1.29 is 14.3 Å². The highest BCUT2D eigenvalue weighted by atomic mass is 35.5. The zero-order valence-corrected chi connectivity index (χ0v) is 10.7. The summed E-state index contributed by atoms with van der Waals surface area (Å²) in [6, 6.07) is 7.22. The van der Waals surface area contributed by atoms with E-state index in [-0.39, 0.29) is 5.91 Å². The smallest absolute Gasteiger partial charge is 0.224 e. The molecule has 0 aromatic heterocycles. The quantitative estimate of drug-likeness (QED) is 0.788. The Labute approximate surface area is 106 Å². The van der Waals surface area contributed by atoms with E-state index in [1.54, 1.807) is 12.1 Å². The van der Waals surface area contributed by atoms with E-state index in [4.69, 9.17) is 21.1 Å². The van der Waals surface area contributed by atoms with Crippen LogP contribution in [0.4, 0.5) is 0 Å². The number of carbonyl (C=O) groups excluding carboxylic acids is 1. The molecule has 5 heteroatoms. The molecule has 1 rings (SSSR count). The van der Waals surface area contributed by atoms with Crippen LogP contribution in [0.25, 0.3) is 0 Å². The first-order valence-electron chi connectivity index (χ1n) is 5.22. The van der Waals surface area contributed by atoms with Crippen LogP contribution in [0.1, 0.15) is 5.56 Å². The summed E-state index contributed by atoms with van der Waals surface area (Å²) < 4.78 is 9.92. The number of amides is 1. The summed E-state index contributed by atoms with van der Waals surface area (Å²) in [5, 5.41) is 3.35. The lowest BCUT2D eigenvalue weighted by molar-refractivity contribution is -0.126. The first-order valence-corrected chi connectivity index (χ1v) is 5.60. The van der Waals surface area contributed by atoms with Crippen molar-refractivity contribution in [2.75, 3.05) is 20.8 Å². The monoisotopic (exact) mass is 257 g/mol. The molecule has 0 aliphatic rings. The molecule has 0 bridgehead atoms. The SMILES string of the molecule is COC(CNC(=O)Cc1cccc(Cl)c1)OC. The summed E-state index contributed by atoms with van der Waals surface area (Å²) in [4.78, 5) is 11.6. The summed E-state index contributed by atoms with van der Waals surface area (Å²) in [6.07, 6.45) is -0.126. The molecule has 0 fully saturated rings. The number of halogens is 1. The van der Waals surface area contributed by atoms with Crippen molar-refractivity contribution in [2.45, 2.75) is 12.7 Å². The van der Waals surface area contributed by atoms with Gasteiger partial charge in [0.15, 0.2) is 6.29 Å². The molecule has 1 amide bonds. The van der Waals surface area contributed by atoms with Gasteiger partial charge in [0.1, 0.15) is 0 Å². The van der Waals surface area contributed by atoms with E-state index in [2.05, 4.69) is 5.32 Å². The van der Waals surface area contributed by atoms with E-state index in [9.17, 15) is 4.79 Å². The minimum Gasteiger partial charge on any atom is -0.354 e. The molecule has 4 nitrogen and oxygen atoms in total. The van der Waals surface area contributed by atoms with Crippen molar-refractivity contribution in [2.24, 2.45) is 0 Å². The Bertz CT molecular complexity index is 367. The highest BCUT2D eigenvalue weighted by molar-refractivity contribution is 6.30. The number of rotatable bonds is 6. The lowest BCUT2D eigenvalue weighted by atomic mass is 10.1. The van der Waals surface area contributed by atoms with E-state index in [1.807, 2.05) is 12.1 Å². The predicted octanol–water partition coefficient (Wildman–Crippen LogP) is 1.62. The summed E-state index contributed by atoms with van der Waals surface area (Å²) in [5.41, 5.74) is 0.876. The fourth-order valence-corrected chi connectivity index (χ4v) is 1.57. The number of hydrogen-bond donors (Lipinski definition) is 1. The van der Waals surface area contributed by atoms with Crippen LogP contribution in [-0.2, 0) is 20.7 Å². The van der Waals surface area contributed by atoms with E-state index in [1.165, 1.54) is 14.2 Å². The highest BCUT2D eigenvalue weighted by Crippen LogP contribution is 2.10. The van der Waals surface area contributed by atoms with Crippen LogP contribution < -0.4 is 5.32 Å². The number of ether oxygens (including phenoxy) is 2. The number of benzene rings is 1. The van der Waals surface area contributed by atoms with Crippen molar-refractivity contribution in [3.8, 4) is 0 Å². The Morgan fingerprint density at radius 2 is 2.12 bits per heavy atom. The number of nitrogens with one attached hydrogen (secondary N) is 1. The minimum atomic E-state index is -0.418. The normalized spacial score (nSPS) is 10.6. The Morgan fingerprint density at radius 3 is 2.71 bits per heavy atom. The fraction of sp³-hybridized carbons (Fsp3) is 0.417. The van der Waals surface area contributed by atoms with Gasteiger partial charge in [-0.2, -0.15) is 0 Å². The van der Waals surface area contributed by atoms with Crippen molar-refractivity contribution in [1.82, 2.24) is 5.32 Å². The van der Waals surface area contributed by atoms with Gasteiger partial charge >= 0.3 is 0 Å². The van der Waals surface area contributed by atoms with Crippen LogP contribution in [0.3, 0.4) is 0 Å². The molecule has 0 radical (unpaired) electrons. The van der Waals surface area contributed by atoms with Crippen LogP contribution in [-0.4, -0.2) is 33.0 Å². The van der Waals surface area contributed by atoms with Gasteiger partial charge < -0.3 is 14.8 Å². The summed E-state index contributed by atoms with van der Waals surface area (Å²) in [5.74, 6) is -0.0913. The van der Waals surface area contributed by atoms with E-state index in [0.717, 1.165) is 5.56 Å². The lowest BCUT2D eigenvalue weighted by Gasteiger charge is -2.13. The average Bonchev–Trinajstić information content (AvgIpc) is 2.30. The molecule has 0 saturated heterocycles. The molecule has 0 aliphatic carbocycles. The molecule has 1 aromatic rings. The zero-order valence-electron chi connectivity index (χ0n) is 9.90. The van der Waals surface area contributed by atoms with Gasteiger partial charge in [-0.05, 0) is 17.7 Å². The molecular formula is C12H16ClNO3. The second-order valence-corrected chi connectivity index (χ2v) is 3.95. The molecule has 0 spiro atoms. The zero-order chi connectivity index (χ0) is 12.7. The van der Waals surface area contributed by atoms with Crippen molar-refractivity contribution >= 4 is 17.5 Å². The van der Waals surface area contributed by atoms with Crippen LogP contribution in [0, 0.1) is 0 Å². The molecule has 0 heterocycles. The molecule has 1 aromatic carbocycles. The van der Waals surface area contributed by atoms with Gasteiger partial charge in [-0.15, -0.1) is 0 Å². The van der Waals surface area contributed by atoms with Gasteiger partial charge in [0.2, 0.25) is 5.91 Å². The van der Waals surface area contributed by atoms with Crippen LogP contribution in [0.2, 0.25) is 5.02 Å². The molecule has 0 saturated carbocycles. The number of hydrogen-bond acceptors (Lipinski definition) is 3. The second-order valence-electron chi connectivity index (χ2n) is 3.51. The molecule has 0 unspecified atom stereocenters. The predicted molar refractivity (Wildman–Crippen MR) is 66.0 cm³/mol. The number of methoxy groups -OCH3 is 2. The molecule has 17 heavy (non-hydrogen) atoms. The third-order valence-electron chi connectivity index (χ3n) is 2.25. The Balaban J connectivity index is 2.39. The lowest BCUT2D eigenvalue weighted by Crippen LogP contribution is -2.34. The van der Waals surface area contributed by atoms with Gasteiger partial charge in [0.25, 0.3) is 0 Å². The molecule has 94 valence electrons. The maximum atomic E-state index is 11.6. The molecule has 1 N–H and O–H groups in total. The third kappa shape index (κ3) is 5.17. The van der Waals surface area contributed by atoms with Gasteiger partial charge in [0, 0.05) is 19.2 Å². The van der Waals surface area contributed by atoms with Crippen molar-refractivity contribution in [1.29, 1.82) is 0 Å². The van der Waals surface area contributed by atoms with Gasteiger partial charge in [0.05, 0.1) is 13.0 Å².